The van der Waals surface area contributed by atoms with Gasteiger partial charge in [0.05, 0.1) is 19.5 Å². The number of aromatic nitrogens is 4. The quantitative estimate of drug-likeness (QED) is 0.692. The summed E-state index contributed by atoms with van der Waals surface area (Å²) in [6.07, 6.45) is 2.81. The molecule has 2 aliphatic rings. The van der Waals surface area contributed by atoms with Gasteiger partial charge in [0.25, 0.3) is 0 Å². The van der Waals surface area contributed by atoms with E-state index < -0.39 is 5.60 Å². The Kier molecular flexibility index (Phi) is 4.01. The predicted octanol–water partition coefficient (Wildman–Crippen LogP) is 1.99. The zero-order valence-corrected chi connectivity index (χ0v) is 15.7. The summed E-state index contributed by atoms with van der Waals surface area (Å²) in [6, 6.07) is 9.84. The summed E-state index contributed by atoms with van der Waals surface area (Å²) in [5, 5.41) is 8.51. The number of likely N-dealkylation sites (tertiary alicyclic amines) is 1. The van der Waals surface area contributed by atoms with Crippen LogP contribution < -0.4 is 0 Å². The van der Waals surface area contributed by atoms with Crippen LogP contribution in [0.3, 0.4) is 0 Å². The number of hydrogen-bond donors (Lipinski definition) is 0. The molecule has 1 unspecified atom stereocenters. The standard InChI is InChI=1S/C20H21N5O3/c1-14-21-16(10-27-14)19-23-22-17-11-28-20(13-25(17)19)7-8-24(12-20)18(26)9-15-5-3-2-4-6-15/h2-6,10H,7-9,11-13H2,1H3. The molecule has 3 aromatic rings. The SMILES string of the molecule is Cc1nc(-c2nnc3n2CC2(CCN(C(=O)Cc4ccccc4)C2)OC3)co1. The highest BCUT2D eigenvalue weighted by Gasteiger charge is 2.44. The zero-order valence-electron chi connectivity index (χ0n) is 15.7. The third-order valence-electron chi connectivity index (χ3n) is 5.50. The van der Waals surface area contributed by atoms with E-state index >= 15 is 0 Å². The second kappa shape index (κ2) is 6.56. The van der Waals surface area contributed by atoms with Gasteiger partial charge in [-0.2, -0.15) is 0 Å². The van der Waals surface area contributed by atoms with Crippen molar-refractivity contribution < 1.29 is 13.9 Å². The minimum Gasteiger partial charge on any atom is -0.449 e. The van der Waals surface area contributed by atoms with Gasteiger partial charge in [-0.15, -0.1) is 10.2 Å². The summed E-state index contributed by atoms with van der Waals surface area (Å²) in [5.41, 5.74) is 1.29. The van der Waals surface area contributed by atoms with Gasteiger partial charge in [0.2, 0.25) is 5.91 Å². The van der Waals surface area contributed by atoms with E-state index in [1.807, 2.05) is 39.8 Å². The van der Waals surface area contributed by atoms with Crippen molar-refractivity contribution in [2.24, 2.45) is 0 Å². The van der Waals surface area contributed by atoms with Gasteiger partial charge >= 0.3 is 0 Å². The molecule has 2 aromatic heterocycles. The van der Waals surface area contributed by atoms with Crippen molar-refractivity contribution >= 4 is 5.91 Å². The first-order chi connectivity index (χ1) is 13.6. The molecular formula is C20H21N5O3. The molecule has 0 bridgehead atoms. The van der Waals surface area contributed by atoms with Crippen LogP contribution in [0.4, 0.5) is 0 Å². The highest BCUT2D eigenvalue weighted by molar-refractivity contribution is 5.79. The maximum absolute atomic E-state index is 12.7. The van der Waals surface area contributed by atoms with Crippen LogP contribution in [0.2, 0.25) is 0 Å². The summed E-state index contributed by atoms with van der Waals surface area (Å²) in [4.78, 5) is 19.0. The van der Waals surface area contributed by atoms with Crippen molar-refractivity contribution in [3.63, 3.8) is 0 Å². The lowest BCUT2D eigenvalue weighted by Crippen LogP contribution is -2.45. The number of amides is 1. The molecule has 144 valence electrons. The number of carbonyl (C=O) groups is 1. The topological polar surface area (TPSA) is 86.3 Å². The van der Waals surface area contributed by atoms with Gasteiger partial charge in [0, 0.05) is 13.5 Å². The van der Waals surface area contributed by atoms with E-state index in [0.717, 1.165) is 17.8 Å². The first kappa shape index (κ1) is 17.1. The fourth-order valence-corrected chi connectivity index (χ4v) is 4.00. The number of nitrogens with zero attached hydrogens (tertiary/aromatic N) is 5. The molecule has 0 radical (unpaired) electrons. The van der Waals surface area contributed by atoms with Crippen molar-refractivity contribution in [3.05, 3.63) is 53.9 Å². The highest BCUT2D eigenvalue weighted by Crippen LogP contribution is 2.34. The molecule has 4 heterocycles. The molecular weight excluding hydrogens is 358 g/mol. The van der Waals surface area contributed by atoms with Crippen LogP contribution in [0.25, 0.3) is 11.5 Å². The Bertz CT molecular complexity index is 1010. The first-order valence-electron chi connectivity index (χ1n) is 9.42. The highest BCUT2D eigenvalue weighted by atomic mass is 16.5. The van der Waals surface area contributed by atoms with Gasteiger partial charge in [0.15, 0.2) is 17.5 Å². The van der Waals surface area contributed by atoms with Gasteiger partial charge in [-0.3, -0.25) is 4.79 Å². The number of benzene rings is 1. The van der Waals surface area contributed by atoms with Crippen molar-refractivity contribution in [1.29, 1.82) is 0 Å². The Morgan fingerprint density at radius 1 is 1.21 bits per heavy atom. The molecule has 0 N–H and O–H groups in total. The van der Waals surface area contributed by atoms with E-state index in [-0.39, 0.29) is 5.91 Å². The van der Waals surface area contributed by atoms with Crippen molar-refractivity contribution in [1.82, 2.24) is 24.6 Å². The van der Waals surface area contributed by atoms with Crippen LogP contribution in [-0.2, 0) is 29.1 Å². The van der Waals surface area contributed by atoms with E-state index in [2.05, 4.69) is 15.2 Å². The Balaban J connectivity index is 1.33. The van der Waals surface area contributed by atoms with Crippen LogP contribution in [0, 0.1) is 6.92 Å². The van der Waals surface area contributed by atoms with Gasteiger partial charge in [0.1, 0.15) is 24.2 Å². The molecule has 1 fully saturated rings. The molecule has 8 nitrogen and oxygen atoms in total. The lowest BCUT2D eigenvalue weighted by Gasteiger charge is -2.34. The summed E-state index contributed by atoms with van der Waals surface area (Å²) < 4.78 is 13.5. The van der Waals surface area contributed by atoms with E-state index in [9.17, 15) is 4.79 Å². The Morgan fingerprint density at radius 2 is 2.07 bits per heavy atom. The zero-order chi connectivity index (χ0) is 19.1. The number of oxazole rings is 1. The molecule has 1 saturated heterocycles. The second-order valence-electron chi connectivity index (χ2n) is 7.48. The maximum Gasteiger partial charge on any atom is 0.227 e. The number of carbonyl (C=O) groups excluding carboxylic acids is 1. The third kappa shape index (κ3) is 2.99. The van der Waals surface area contributed by atoms with Crippen LogP contribution in [0.15, 0.2) is 41.0 Å². The molecule has 1 spiro atoms. The summed E-state index contributed by atoms with van der Waals surface area (Å²) in [7, 11) is 0. The van der Waals surface area contributed by atoms with E-state index in [1.165, 1.54) is 0 Å². The van der Waals surface area contributed by atoms with Crippen LogP contribution in [0.1, 0.15) is 23.7 Å². The Morgan fingerprint density at radius 3 is 2.86 bits per heavy atom. The van der Waals surface area contributed by atoms with E-state index in [1.54, 1.807) is 13.2 Å². The molecule has 1 amide bonds. The van der Waals surface area contributed by atoms with Gasteiger partial charge in [-0.1, -0.05) is 30.3 Å². The molecule has 5 rings (SSSR count). The van der Waals surface area contributed by atoms with Crippen molar-refractivity contribution in [3.8, 4) is 11.5 Å². The molecule has 0 aliphatic carbocycles. The Hall–Kier alpha value is -3.00. The lowest BCUT2D eigenvalue weighted by molar-refractivity contribution is -0.132. The maximum atomic E-state index is 12.7. The predicted molar refractivity (Wildman–Crippen MR) is 99.1 cm³/mol. The summed E-state index contributed by atoms with van der Waals surface area (Å²) in [6.45, 7) is 4.06. The smallest absolute Gasteiger partial charge is 0.227 e. The molecule has 1 atom stereocenters. The van der Waals surface area contributed by atoms with Crippen molar-refractivity contribution in [2.45, 2.75) is 38.5 Å². The first-order valence-corrected chi connectivity index (χ1v) is 9.42. The largest absolute Gasteiger partial charge is 0.449 e. The number of hydrogen-bond acceptors (Lipinski definition) is 6. The fourth-order valence-electron chi connectivity index (χ4n) is 4.00. The number of ether oxygens (including phenoxy) is 1. The third-order valence-corrected chi connectivity index (χ3v) is 5.50. The average molecular weight is 379 g/mol. The number of rotatable bonds is 3. The number of fused-ring (bicyclic) bond motifs is 1. The van der Waals surface area contributed by atoms with Crippen LogP contribution in [0.5, 0.6) is 0 Å². The fraction of sp³-hybridized carbons (Fsp3) is 0.400. The van der Waals surface area contributed by atoms with Gasteiger partial charge < -0.3 is 18.6 Å². The second-order valence-corrected chi connectivity index (χ2v) is 7.48. The molecule has 0 saturated carbocycles. The number of aryl methyl sites for hydroxylation is 1. The average Bonchev–Trinajstić information content (AvgIpc) is 3.41. The molecule has 8 heteroatoms. The Labute approximate surface area is 162 Å². The van der Waals surface area contributed by atoms with Crippen molar-refractivity contribution in [2.75, 3.05) is 13.1 Å². The molecule has 28 heavy (non-hydrogen) atoms. The minimum absolute atomic E-state index is 0.133. The monoisotopic (exact) mass is 379 g/mol. The molecule has 2 aliphatic heterocycles. The van der Waals surface area contributed by atoms with E-state index in [4.69, 9.17) is 9.15 Å². The van der Waals surface area contributed by atoms with Gasteiger partial charge in [-0.25, -0.2) is 4.98 Å². The summed E-state index contributed by atoms with van der Waals surface area (Å²) in [5.74, 6) is 2.18. The normalized spacial score (nSPS) is 21.2. The van der Waals surface area contributed by atoms with Crippen LogP contribution >= 0.6 is 0 Å². The van der Waals surface area contributed by atoms with E-state index in [0.29, 0.717) is 50.1 Å². The lowest BCUT2D eigenvalue weighted by atomic mass is 10.0. The van der Waals surface area contributed by atoms with Crippen LogP contribution in [-0.4, -0.2) is 49.2 Å². The minimum atomic E-state index is -0.407. The summed E-state index contributed by atoms with van der Waals surface area (Å²) >= 11 is 0. The van der Waals surface area contributed by atoms with Gasteiger partial charge in [-0.05, 0) is 12.0 Å². The molecule has 1 aromatic carbocycles.